The van der Waals surface area contributed by atoms with E-state index in [0.29, 0.717) is 6.54 Å². The van der Waals surface area contributed by atoms with Gasteiger partial charge in [-0.1, -0.05) is 12.1 Å². The summed E-state index contributed by atoms with van der Waals surface area (Å²) in [5.41, 5.74) is 4.11. The standard InChI is InChI=1S/C16H15N3O2/c1-11-2-4-14(19(20)21)9-16(11)18-10-12-3-5-15-13(8-12)6-7-17-15/h2-9,17-18H,10H2,1H3. The number of nitrogens with zero attached hydrogens (tertiary/aromatic N) is 1. The third kappa shape index (κ3) is 2.72. The molecule has 5 nitrogen and oxygen atoms in total. The third-order valence-electron chi connectivity index (χ3n) is 3.53. The average molecular weight is 281 g/mol. The number of non-ortho nitro benzene ring substituents is 1. The number of hydrogen-bond acceptors (Lipinski definition) is 3. The smallest absolute Gasteiger partial charge is 0.271 e. The zero-order chi connectivity index (χ0) is 14.8. The first-order chi connectivity index (χ1) is 10.1. The highest BCUT2D eigenvalue weighted by Gasteiger charge is 2.08. The molecule has 1 heterocycles. The minimum atomic E-state index is -0.378. The van der Waals surface area contributed by atoms with Crippen LogP contribution in [0.15, 0.2) is 48.7 Å². The summed E-state index contributed by atoms with van der Waals surface area (Å²) in [7, 11) is 0. The Morgan fingerprint density at radius 3 is 2.86 bits per heavy atom. The minimum absolute atomic E-state index is 0.101. The van der Waals surface area contributed by atoms with Crippen molar-refractivity contribution in [3.05, 3.63) is 69.9 Å². The first-order valence-corrected chi connectivity index (χ1v) is 6.68. The molecular formula is C16H15N3O2. The second-order valence-electron chi connectivity index (χ2n) is 5.01. The van der Waals surface area contributed by atoms with E-state index in [9.17, 15) is 10.1 Å². The molecule has 0 atom stereocenters. The number of fused-ring (bicyclic) bond motifs is 1. The monoisotopic (exact) mass is 281 g/mol. The summed E-state index contributed by atoms with van der Waals surface area (Å²) in [6.45, 7) is 2.56. The maximum Gasteiger partial charge on any atom is 0.271 e. The highest BCUT2D eigenvalue weighted by Crippen LogP contribution is 2.23. The second kappa shape index (κ2) is 5.28. The fourth-order valence-corrected chi connectivity index (χ4v) is 2.32. The van der Waals surface area contributed by atoms with E-state index in [1.165, 1.54) is 6.07 Å². The van der Waals surface area contributed by atoms with E-state index < -0.39 is 0 Å². The van der Waals surface area contributed by atoms with Crippen molar-refractivity contribution in [2.75, 3.05) is 5.32 Å². The number of anilines is 1. The predicted octanol–water partition coefficient (Wildman–Crippen LogP) is 4.00. The normalized spacial score (nSPS) is 10.7. The number of benzene rings is 2. The van der Waals surface area contributed by atoms with Gasteiger partial charge in [0.25, 0.3) is 5.69 Å². The molecule has 0 saturated carbocycles. The van der Waals surface area contributed by atoms with Gasteiger partial charge < -0.3 is 10.3 Å². The zero-order valence-electron chi connectivity index (χ0n) is 11.6. The Labute approximate surface area is 121 Å². The Bertz CT molecular complexity index is 808. The van der Waals surface area contributed by atoms with Crippen molar-refractivity contribution in [1.29, 1.82) is 0 Å². The molecule has 2 aromatic carbocycles. The second-order valence-corrected chi connectivity index (χ2v) is 5.01. The molecule has 0 saturated heterocycles. The highest BCUT2D eigenvalue weighted by molar-refractivity contribution is 5.80. The lowest BCUT2D eigenvalue weighted by atomic mass is 10.1. The Hall–Kier alpha value is -2.82. The van der Waals surface area contributed by atoms with Crippen LogP contribution in [0.25, 0.3) is 10.9 Å². The first-order valence-electron chi connectivity index (χ1n) is 6.68. The lowest BCUT2D eigenvalue weighted by Gasteiger charge is -2.09. The van der Waals surface area contributed by atoms with Crippen LogP contribution < -0.4 is 5.32 Å². The third-order valence-corrected chi connectivity index (χ3v) is 3.53. The van der Waals surface area contributed by atoms with Crippen LogP contribution in [0.2, 0.25) is 0 Å². The van der Waals surface area contributed by atoms with E-state index in [1.54, 1.807) is 12.1 Å². The molecule has 0 aliphatic rings. The number of aromatic nitrogens is 1. The average Bonchev–Trinajstić information content (AvgIpc) is 2.93. The number of H-pyrrole nitrogens is 1. The minimum Gasteiger partial charge on any atom is -0.381 e. The Morgan fingerprint density at radius 1 is 1.19 bits per heavy atom. The Morgan fingerprint density at radius 2 is 2.05 bits per heavy atom. The molecule has 0 aliphatic heterocycles. The summed E-state index contributed by atoms with van der Waals surface area (Å²) in [6.07, 6.45) is 1.91. The number of nitrogens with one attached hydrogen (secondary N) is 2. The molecule has 3 rings (SSSR count). The molecule has 0 amide bonds. The summed E-state index contributed by atoms with van der Waals surface area (Å²) in [4.78, 5) is 13.6. The molecule has 0 bridgehead atoms. The quantitative estimate of drug-likeness (QED) is 0.561. The van der Waals surface area contributed by atoms with Crippen molar-refractivity contribution in [3.8, 4) is 0 Å². The van der Waals surface area contributed by atoms with Crippen molar-refractivity contribution < 1.29 is 4.92 Å². The van der Waals surface area contributed by atoms with Crippen molar-refractivity contribution in [2.24, 2.45) is 0 Å². The van der Waals surface area contributed by atoms with Gasteiger partial charge in [-0.05, 0) is 41.6 Å². The number of rotatable bonds is 4. The largest absolute Gasteiger partial charge is 0.381 e. The summed E-state index contributed by atoms with van der Waals surface area (Å²) in [5.74, 6) is 0. The van der Waals surface area contributed by atoms with Gasteiger partial charge in [-0.2, -0.15) is 0 Å². The maximum atomic E-state index is 10.8. The fourth-order valence-electron chi connectivity index (χ4n) is 2.32. The molecule has 0 unspecified atom stereocenters. The van der Waals surface area contributed by atoms with Gasteiger partial charge in [0.05, 0.1) is 4.92 Å². The zero-order valence-corrected chi connectivity index (χ0v) is 11.6. The van der Waals surface area contributed by atoms with E-state index >= 15 is 0 Å². The molecule has 3 aromatic rings. The molecule has 21 heavy (non-hydrogen) atoms. The molecule has 5 heteroatoms. The van der Waals surface area contributed by atoms with Crippen LogP contribution in [0.1, 0.15) is 11.1 Å². The number of nitro benzene ring substituents is 1. The molecule has 1 aromatic heterocycles. The fraction of sp³-hybridized carbons (Fsp3) is 0.125. The Kier molecular flexibility index (Phi) is 3.31. The van der Waals surface area contributed by atoms with Crippen molar-refractivity contribution in [2.45, 2.75) is 13.5 Å². The maximum absolute atomic E-state index is 10.8. The molecule has 106 valence electrons. The molecular weight excluding hydrogens is 266 g/mol. The van der Waals surface area contributed by atoms with Crippen LogP contribution in [-0.4, -0.2) is 9.91 Å². The summed E-state index contributed by atoms with van der Waals surface area (Å²) >= 11 is 0. The van der Waals surface area contributed by atoms with E-state index in [1.807, 2.05) is 31.3 Å². The van der Waals surface area contributed by atoms with Crippen molar-refractivity contribution in [3.63, 3.8) is 0 Å². The predicted molar refractivity (Wildman–Crippen MR) is 83.5 cm³/mol. The van der Waals surface area contributed by atoms with Gasteiger partial charge in [0.15, 0.2) is 0 Å². The lowest BCUT2D eigenvalue weighted by molar-refractivity contribution is -0.384. The van der Waals surface area contributed by atoms with Crippen LogP contribution in [0.5, 0.6) is 0 Å². The van der Waals surface area contributed by atoms with Gasteiger partial charge in [-0.15, -0.1) is 0 Å². The molecule has 0 spiro atoms. The van der Waals surface area contributed by atoms with Gasteiger partial charge in [0.1, 0.15) is 0 Å². The van der Waals surface area contributed by atoms with E-state index in [2.05, 4.69) is 16.4 Å². The van der Waals surface area contributed by atoms with Crippen LogP contribution in [0, 0.1) is 17.0 Å². The van der Waals surface area contributed by atoms with E-state index in [-0.39, 0.29) is 10.6 Å². The van der Waals surface area contributed by atoms with Crippen molar-refractivity contribution in [1.82, 2.24) is 4.98 Å². The SMILES string of the molecule is Cc1ccc([N+](=O)[O-])cc1NCc1ccc2[nH]ccc2c1. The van der Waals surface area contributed by atoms with Crippen LogP contribution in [0.4, 0.5) is 11.4 Å². The highest BCUT2D eigenvalue weighted by atomic mass is 16.6. The van der Waals surface area contributed by atoms with Crippen LogP contribution >= 0.6 is 0 Å². The van der Waals surface area contributed by atoms with Crippen LogP contribution in [0.3, 0.4) is 0 Å². The number of hydrogen-bond donors (Lipinski definition) is 2. The molecule has 0 aliphatic carbocycles. The Balaban J connectivity index is 1.80. The number of aryl methyl sites for hydroxylation is 1. The van der Waals surface area contributed by atoms with Crippen LogP contribution in [-0.2, 0) is 6.54 Å². The van der Waals surface area contributed by atoms with Gasteiger partial charge in [0.2, 0.25) is 0 Å². The van der Waals surface area contributed by atoms with Gasteiger partial charge >= 0.3 is 0 Å². The molecule has 0 fully saturated rings. The summed E-state index contributed by atoms with van der Waals surface area (Å²) < 4.78 is 0. The van der Waals surface area contributed by atoms with Gasteiger partial charge in [0, 0.05) is 36.1 Å². The summed E-state index contributed by atoms with van der Waals surface area (Å²) in [6, 6.07) is 13.1. The summed E-state index contributed by atoms with van der Waals surface area (Å²) in [5, 5.41) is 15.3. The van der Waals surface area contributed by atoms with Gasteiger partial charge in [-0.3, -0.25) is 10.1 Å². The number of nitro groups is 1. The van der Waals surface area contributed by atoms with Crippen molar-refractivity contribution >= 4 is 22.3 Å². The molecule has 2 N–H and O–H groups in total. The topological polar surface area (TPSA) is 71.0 Å². The van der Waals surface area contributed by atoms with Gasteiger partial charge in [-0.25, -0.2) is 0 Å². The van der Waals surface area contributed by atoms with E-state index in [0.717, 1.165) is 27.7 Å². The first kappa shape index (κ1) is 13.2. The molecule has 0 radical (unpaired) electrons. The van der Waals surface area contributed by atoms with E-state index in [4.69, 9.17) is 0 Å². The lowest BCUT2D eigenvalue weighted by Crippen LogP contribution is -2.01. The number of aromatic amines is 1.